The van der Waals surface area contributed by atoms with Gasteiger partial charge >= 0.3 is 5.97 Å². The van der Waals surface area contributed by atoms with Crippen molar-refractivity contribution >= 4 is 5.97 Å². The van der Waals surface area contributed by atoms with Crippen LogP contribution in [0.2, 0.25) is 0 Å². The molecule has 0 amide bonds. The van der Waals surface area contributed by atoms with Crippen molar-refractivity contribution in [1.82, 2.24) is 0 Å². The van der Waals surface area contributed by atoms with E-state index in [9.17, 15) is 4.79 Å². The average Bonchev–Trinajstić information content (AvgIpc) is 1.84. The van der Waals surface area contributed by atoms with E-state index >= 15 is 0 Å². The van der Waals surface area contributed by atoms with Gasteiger partial charge in [-0.2, -0.15) is 0 Å². The SMILES string of the molecule is CC[C@H](C)[C@H](N)C(=O)O.[Ti]. The van der Waals surface area contributed by atoms with Crippen molar-refractivity contribution in [2.75, 3.05) is 0 Å². The van der Waals surface area contributed by atoms with Crippen LogP contribution in [0.4, 0.5) is 0 Å². The first-order valence-electron chi connectivity index (χ1n) is 3.08. The Morgan fingerprint density at radius 1 is 1.70 bits per heavy atom. The van der Waals surface area contributed by atoms with Crippen molar-refractivity contribution in [1.29, 1.82) is 0 Å². The summed E-state index contributed by atoms with van der Waals surface area (Å²) in [5, 5.41) is 8.36. The molecule has 0 aromatic carbocycles. The van der Waals surface area contributed by atoms with Crippen molar-refractivity contribution in [3.63, 3.8) is 0 Å². The molecule has 3 nitrogen and oxygen atoms in total. The molecule has 0 aliphatic heterocycles. The zero-order chi connectivity index (χ0) is 7.44. The van der Waals surface area contributed by atoms with E-state index in [2.05, 4.69) is 0 Å². The smallest absolute Gasteiger partial charge is 0.320 e. The molecule has 3 N–H and O–H groups in total. The maximum absolute atomic E-state index is 10.2. The van der Waals surface area contributed by atoms with E-state index in [-0.39, 0.29) is 27.6 Å². The van der Waals surface area contributed by atoms with Gasteiger partial charge in [-0.05, 0) is 5.92 Å². The van der Waals surface area contributed by atoms with Crippen LogP contribution in [-0.2, 0) is 26.5 Å². The summed E-state index contributed by atoms with van der Waals surface area (Å²) in [4.78, 5) is 10.2. The van der Waals surface area contributed by atoms with E-state index in [1.54, 1.807) is 0 Å². The first-order chi connectivity index (χ1) is 4.09. The summed E-state index contributed by atoms with van der Waals surface area (Å²) in [5.74, 6) is -0.841. The van der Waals surface area contributed by atoms with E-state index in [0.29, 0.717) is 0 Å². The fourth-order valence-corrected chi connectivity index (χ4v) is 0.497. The van der Waals surface area contributed by atoms with Crippen LogP contribution in [0.3, 0.4) is 0 Å². The maximum Gasteiger partial charge on any atom is 0.320 e. The third-order valence-electron chi connectivity index (χ3n) is 1.54. The van der Waals surface area contributed by atoms with Gasteiger partial charge in [0.1, 0.15) is 6.04 Å². The van der Waals surface area contributed by atoms with Crippen molar-refractivity contribution in [3.8, 4) is 0 Å². The van der Waals surface area contributed by atoms with Gasteiger partial charge in [0.25, 0.3) is 0 Å². The Bertz CT molecular complexity index is 108. The molecule has 0 bridgehead atoms. The fraction of sp³-hybridized carbons (Fsp3) is 0.833. The summed E-state index contributed by atoms with van der Waals surface area (Å²) < 4.78 is 0. The van der Waals surface area contributed by atoms with Crippen LogP contribution in [0.15, 0.2) is 0 Å². The Hall–Kier alpha value is 0.144. The predicted octanol–water partition coefficient (Wildman–Crippen LogP) is 0.442. The number of carbonyl (C=O) groups is 1. The first kappa shape index (κ1) is 12.8. The third kappa shape index (κ3) is 4.04. The van der Waals surface area contributed by atoms with E-state index in [0.717, 1.165) is 6.42 Å². The van der Waals surface area contributed by atoms with E-state index in [1.165, 1.54) is 0 Å². The van der Waals surface area contributed by atoms with Crippen molar-refractivity contribution in [3.05, 3.63) is 0 Å². The largest absolute Gasteiger partial charge is 0.480 e. The van der Waals surface area contributed by atoms with Gasteiger partial charge in [0.05, 0.1) is 0 Å². The van der Waals surface area contributed by atoms with Gasteiger partial charge < -0.3 is 10.8 Å². The standard InChI is InChI=1S/C6H13NO2.Ti/c1-3-4(2)5(7)6(8)9;/h4-5H,3,7H2,1-2H3,(H,8,9);/t4-,5-;/m0./s1. The molecule has 0 heterocycles. The van der Waals surface area contributed by atoms with Crippen LogP contribution < -0.4 is 5.73 Å². The fourth-order valence-electron chi connectivity index (χ4n) is 0.497. The Morgan fingerprint density at radius 3 is 2.20 bits per heavy atom. The molecule has 10 heavy (non-hydrogen) atoms. The molecule has 0 aromatic heterocycles. The molecule has 0 fully saturated rings. The van der Waals surface area contributed by atoms with Gasteiger partial charge in [0, 0.05) is 21.7 Å². The molecule has 0 aliphatic rings. The summed E-state index contributed by atoms with van der Waals surface area (Å²) >= 11 is 0. The number of hydrogen-bond donors (Lipinski definition) is 2. The van der Waals surface area contributed by atoms with Crippen molar-refractivity contribution < 1.29 is 31.6 Å². The topological polar surface area (TPSA) is 63.3 Å². The molecule has 0 spiro atoms. The second-order valence-electron chi connectivity index (χ2n) is 2.25. The van der Waals surface area contributed by atoms with Crippen molar-refractivity contribution in [2.24, 2.45) is 11.7 Å². The summed E-state index contributed by atoms with van der Waals surface area (Å²) in [5.41, 5.74) is 5.27. The van der Waals surface area contributed by atoms with Gasteiger partial charge in [0.15, 0.2) is 0 Å². The quantitative estimate of drug-likeness (QED) is 0.618. The van der Waals surface area contributed by atoms with Crippen LogP contribution in [0.1, 0.15) is 20.3 Å². The van der Waals surface area contributed by atoms with Gasteiger partial charge in [-0.3, -0.25) is 4.79 Å². The summed E-state index contributed by atoms with van der Waals surface area (Å²) in [6, 6.07) is -0.699. The number of hydrogen-bond acceptors (Lipinski definition) is 2. The van der Waals surface area contributed by atoms with Crippen LogP contribution in [0, 0.1) is 5.92 Å². The van der Waals surface area contributed by atoms with Crippen LogP contribution in [0.5, 0.6) is 0 Å². The Balaban J connectivity index is 0. The van der Waals surface area contributed by atoms with Crippen LogP contribution in [-0.4, -0.2) is 17.1 Å². The summed E-state index contributed by atoms with van der Waals surface area (Å²) in [7, 11) is 0. The van der Waals surface area contributed by atoms with Gasteiger partial charge in [-0.15, -0.1) is 0 Å². The number of rotatable bonds is 3. The van der Waals surface area contributed by atoms with Crippen molar-refractivity contribution in [2.45, 2.75) is 26.3 Å². The molecule has 2 atom stereocenters. The molecule has 4 heteroatoms. The minimum Gasteiger partial charge on any atom is -0.480 e. The summed E-state index contributed by atoms with van der Waals surface area (Å²) in [6.07, 6.45) is 0.813. The zero-order valence-corrected chi connectivity index (χ0v) is 7.86. The molecule has 0 unspecified atom stereocenters. The van der Waals surface area contributed by atoms with Crippen LogP contribution in [0.25, 0.3) is 0 Å². The first-order valence-corrected chi connectivity index (χ1v) is 3.08. The zero-order valence-electron chi connectivity index (χ0n) is 6.29. The van der Waals surface area contributed by atoms with E-state index in [1.807, 2.05) is 13.8 Å². The maximum atomic E-state index is 10.2. The minimum absolute atomic E-state index is 0. The Labute approximate surface area is 75.9 Å². The second-order valence-corrected chi connectivity index (χ2v) is 2.25. The number of nitrogens with two attached hydrogens (primary N) is 1. The number of carboxylic acid groups (broad SMARTS) is 1. The molecule has 0 aromatic rings. The van der Waals surface area contributed by atoms with Gasteiger partial charge in [-0.1, -0.05) is 20.3 Å². The number of aliphatic carboxylic acids is 1. The monoisotopic (exact) mass is 179 g/mol. The molecule has 58 valence electrons. The second kappa shape index (κ2) is 5.89. The summed E-state index contributed by atoms with van der Waals surface area (Å²) in [6.45, 7) is 3.76. The minimum atomic E-state index is -0.913. The van der Waals surface area contributed by atoms with Crippen LogP contribution >= 0.6 is 0 Å². The Kier molecular flexibility index (Phi) is 7.54. The normalized spacial score (nSPS) is 15.1. The molecular formula is C6H13NO2Ti. The molecular weight excluding hydrogens is 166 g/mol. The van der Waals surface area contributed by atoms with Gasteiger partial charge in [0.2, 0.25) is 0 Å². The van der Waals surface area contributed by atoms with E-state index in [4.69, 9.17) is 10.8 Å². The Morgan fingerprint density at radius 2 is 2.10 bits per heavy atom. The molecule has 0 rings (SSSR count). The number of carboxylic acids is 1. The molecule has 0 radical (unpaired) electrons. The molecule has 0 saturated carbocycles. The van der Waals surface area contributed by atoms with E-state index < -0.39 is 12.0 Å². The predicted molar refractivity (Wildman–Crippen MR) is 35.1 cm³/mol. The van der Waals surface area contributed by atoms with Gasteiger partial charge in [-0.25, -0.2) is 0 Å². The molecule has 0 aliphatic carbocycles. The average molecular weight is 179 g/mol. The third-order valence-corrected chi connectivity index (χ3v) is 1.54. The molecule has 0 saturated heterocycles.